The van der Waals surface area contributed by atoms with Crippen LogP contribution in [0.25, 0.3) is 0 Å². The Labute approximate surface area is 152 Å². The zero-order valence-corrected chi connectivity index (χ0v) is 15.0. The highest BCUT2D eigenvalue weighted by molar-refractivity contribution is 6.04. The van der Waals surface area contributed by atoms with Crippen LogP contribution in [0.5, 0.6) is 5.75 Å². The Morgan fingerprint density at radius 3 is 2.19 bits per heavy atom. The molecule has 0 bridgehead atoms. The summed E-state index contributed by atoms with van der Waals surface area (Å²) in [4.78, 5) is 24.0. The predicted octanol–water partition coefficient (Wildman–Crippen LogP) is 4.04. The number of hydrogen-bond donors (Lipinski definition) is 1. The number of carbonyl (C=O) groups excluding carboxylic acids is 2. The average molecular weight is 359 g/mol. The van der Waals surface area contributed by atoms with Crippen LogP contribution >= 0.6 is 0 Å². The maximum absolute atomic E-state index is 12.9. The van der Waals surface area contributed by atoms with Gasteiger partial charge < -0.3 is 14.8 Å². The first-order valence-electron chi connectivity index (χ1n) is 8.35. The Bertz CT molecular complexity index is 741. The van der Waals surface area contributed by atoms with Crippen LogP contribution in [0.3, 0.4) is 0 Å². The van der Waals surface area contributed by atoms with Gasteiger partial charge >= 0.3 is 5.97 Å². The number of ether oxygens (including phenoxy) is 2. The van der Waals surface area contributed by atoms with Crippen molar-refractivity contribution in [3.8, 4) is 5.75 Å². The van der Waals surface area contributed by atoms with Crippen molar-refractivity contribution >= 4 is 17.6 Å². The number of amides is 1. The molecular formula is C20H22FNO4. The highest BCUT2D eigenvalue weighted by Gasteiger charge is 2.17. The quantitative estimate of drug-likeness (QED) is 0.758. The first-order chi connectivity index (χ1) is 12.3. The summed E-state index contributed by atoms with van der Waals surface area (Å²) >= 11 is 0. The van der Waals surface area contributed by atoms with Gasteiger partial charge in [0, 0.05) is 11.3 Å². The minimum Gasteiger partial charge on any atom is -0.479 e. The first-order valence-corrected chi connectivity index (χ1v) is 8.35. The normalized spacial score (nSPS) is 11.7. The van der Waals surface area contributed by atoms with Gasteiger partial charge in [-0.15, -0.1) is 0 Å². The van der Waals surface area contributed by atoms with Gasteiger partial charge in [0.2, 0.25) is 0 Å². The molecule has 1 N–H and O–H groups in total. The summed E-state index contributed by atoms with van der Waals surface area (Å²) in [5, 5.41) is 2.67. The van der Waals surface area contributed by atoms with Crippen molar-refractivity contribution in [2.45, 2.75) is 26.9 Å². The topological polar surface area (TPSA) is 64.6 Å². The highest BCUT2D eigenvalue weighted by atomic mass is 19.1. The van der Waals surface area contributed by atoms with E-state index in [4.69, 9.17) is 9.47 Å². The molecule has 2 aromatic rings. The molecule has 0 aliphatic rings. The van der Waals surface area contributed by atoms with E-state index in [0.717, 1.165) is 0 Å². The van der Waals surface area contributed by atoms with Crippen molar-refractivity contribution in [3.63, 3.8) is 0 Å². The van der Waals surface area contributed by atoms with E-state index in [-0.39, 0.29) is 17.6 Å². The number of benzene rings is 2. The second-order valence-corrected chi connectivity index (χ2v) is 6.27. The molecule has 26 heavy (non-hydrogen) atoms. The Balaban J connectivity index is 1.91. The number of hydrogen-bond acceptors (Lipinski definition) is 4. The summed E-state index contributed by atoms with van der Waals surface area (Å²) < 4.78 is 23.5. The Kier molecular flexibility index (Phi) is 6.72. The highest BCUT2D eigenvalue weighted by Crippen LogP contribution is 2.16. The van der Waals surface area contributed by atoms with Gasteiger partial charge in [-0.1, -0.05) is 13.8 Å². The second kappa shape index (κ2) is 8.99. The van der Waals surface area contributed by atoms with Crippen LogP contribution in [0.1, 0.15) is 31.1 Å². The fourth-order valence-corrected chi connectivity index (χ4v) is 2.04. The zero-order valence-electron chi connectivity index (χ0n) is 15.0. The lowest BCUT2D eigenvalue weighted by Crippen LogP contribution is -2.27. The molecule has 0 saturated heterocycles. The summed E-state index contributed by atoms with van der Waals surface area (Å²) in [6, 6.07) is 11.9. The van der Waals surface area contributed by atoms with Gasteiger partial charge in [-0.25, -0.2) is 9.18 Å². The smallest absolute Gasteiger partial charge is 0.347 e. The van der Waals surface area contributed by atoms with Crippen molar-refractivity contribution in [2.75, 3.05) is 11.9 Å². The molecule has 0 saturated carbocycles. The molecule has 5 nitrogen and oxygen atoms in total. The zero-order chi connectivity index (χ0) is 19.1. The second-order valence-electron chi connectivity index (χ2n) is 6.27. The number of halogens is 1. The molecule has 0 unspecified atom stereocenters. The summed E-state index contributed by atoms with van der Waals surface area (Å²) in [6.07, 6.45) is -0.743. The van der Waals surface area contributed by atoms with Gasteiger partial charge in [-0.05, 0) is 61.4 Å². The van der Waals surface area contributed by atoms with Crippen LogP contribution in [0.4, 0.5) is 10.1 Å². The van der Waals surface area contributed by atoms with Gasteiger partial charge in [0.15, 0.2) is 6.10 Å². The van der Waals surface area contributed by atoms with Crippen LogP contribution in [0.15, 0.2) is 48.5 Å². The van der Waals surface area contributed by atoms with Crippen molar-refractivity contribution in [2.24, 2.45) is 5.92 Å². The van der Waals surface area contributed by atoms with Gasteiger partial charge in [-0.2, -0.15) is 0 Å². The molecule has 1 amide bonds. The van der Waals surface area contributed by atoms with E-state index in [1.807, 2.05) is 13.8 Å². The van der Waals surface area contributed by atoms with E-state index in [0.29, 0.717) is 23.6 Å². The van der Waals surface area contributed by atoms with Crippen LogP contribution in [0.2, 0.25) is 0 Å². The number of nitrogens with one attached hydrogen (secondary N) is 1. The predicted molar refractivity (Wildman–Crippen MR) is 96.7 cm³/mol. The molecule has 0 aliphatic heterocycles. The van der Waals surface area contributed by atoms with Crippen molar-refractivity contribution in [1.82, 2.24) is 0 Å². The largest absolute Gasteiger partial charge is 0.479 e. The summed E-state index contributed by atoms with van der Waals surface area (Å²) in [5.41, 5.74) is 0.912. The molecule has 2 rings (SSSR count). The average Bonchev–Trinajstić information content (AvgIpc) is 2.62. The first kappa shape index (κ1) is 19.4. The standard InChI is InChI=1S/C20H22FNO4/c1-13(2)12-25-20(24)14(3)26-18-10-4-15(5-11-18)19(23)22-17-8-6-16(21)7-9-17/h4-11,13-14H,12H2,1-3H3,(H,22,23)/t14-/m0/s1. The summed E-state index contributed by atoms with van der Waals surface area (Å²) in [7, 11) is 0. The number of rotatable bonds is 7. The summed E-state index contributed by atoms with van der Waals surface area (Å²) in [6.45, 7) is 5.86. The molecule has 6 heteroatoms. The van der Waals surface area contributed by atoms with E-state index >= 15 is 0 Å². The third-order valence-corrected chi connectivity index (χ3v) is 3.42. The number of anilines is 1. The molecular weight excluding hydrogens is 337 g/mol. The maximum atomic E-state index is 12.9. The maximum Gasteiger partial charge on any atom is 0.347 e. The minimum absolute atomic E-state index is 0.255. The van der Waals surface area contributed by atoms with E-state index in [2.05, 4.69) is 5.32 Å². The lowest BCUT2D eigenvalue weighted by molar-refractivity contribution is -0.152. The lowest BCUT2D eigenvalue weighted by Gasteiger charge is -2.15. The Hall–Kier alpha value is -2.89. The molecule has 0 aliphatic carbocycles. The lowest BCUT2D eigenvalue weighted by atomic mass is 10.2. The van der Waals surface area contributed by atoms with E-state index < -0.39 is 12.1 Å². The van der Waals surface area contributed by atoms with E-state index in [1.54, 1.807) is 31.2 Å². The molecule has 0 heterocycles. The fourth-order valence-electron chi connectivity index (χ4n) is 2.04. The molecule has 138 valence electrons. The van der Waals surface area contributed by atoms with E-state index in [9.17, 15) is 14.0 Å². The van der Waals surface area contributed by atoms with Crippen LogP contribution in [-0.2, 0) is 9.53 Å². The molecule has 0 spiro atoms. The molecule has 0 aromatic heterocycles. The van der Waals surface area contributed by atoms with Crippen molar-refractivity contribution in [3.05, 3.63) is 59.9 Å². The van der Waals surface area contributed by atoms with Gasteiger partial charge in [0.25, 0.3) is 5.91 Å². The molecule has 0 fully saturated rings. The van der Waals surface area contributed by atoms with Crippen molar-refractivity contribution < 1.29 is 23.5 Å². The molecule has 0 radical (unpaired) electrons. The summed E-state index contributed by atoms with van der Waals surface area (Å²) in [5.74, 6) is -0.419. The van der Waals surface area contributed by atoms with E-state index in [1.165, 1.54) is 24.3 Å². The van der Waals surface area contributed by atoms with Crippen LogP contribution < -0.4 is 10.1 Å². The minimum atomic E-state index is -0.743. The van der Waals surface area contributed by atoms with Gasteiger partial charge in [0.05, 0.1) is 6.61 Å². The third-order valence-electron chi connectivity index (χ3n) is 3.42. The monoisotopic (exact) mass is 359 g/mol. The van der Waals surface area contributed by atoms with Gasteiger partial charge in [-0.3, -0.25) is 4.79 Å². The van der Waals surface area contributed by atoms with Crippen LogP contribution in [0, 0.1) is 11.7 Å². The third kappa shape index (κ3) is 5.88. The Morgan fingerprint density at radius 1 is 1.00 bits per heavy atom. The van der Waals surface area contributed by atoms with Crippen molar-refractivity contribution in [1.29, 1.82) is 0 Å². The Morgan fingerprint density at radius 2 is 1.62 bits per heavy atom. The fraction of sp³-hybridized carbons (Fsp3) is 0.300. The van der Waals surface area contributed by atoms with Crippen LogP contribution in [-0.4, -0.2) is 24.6 Å². The molecule has 2 aromatic carbocycles. The molecule has 1 atom stereocenters. The number of carbonyl (C=O) groups is 2. The van der Waals surface area contributed by atoms with Gasteiger partial charge in [0.1, 0.15) is 11.6 Å². The SMILES string of the molecule is CC(C)COC(=O)[C@H](C)Oc1ccc(C(=O)Nc2ccc(F)cc2)cc1. The number of esters is 1.